The summed E-state index contributed by atoms with van der Waals surface area (Å²) in [7, 11) is 1.40. The lowest BCUT2D eigenvalue weighted by Crippen LogP contribution is -2.38. The van der Waals surface area contributed by atoms with E-state index in [2.05, 4.69) is 9.72 Å². The van der Waals surface area contributed by atoms with Gasteiger partial charge in [0.1, 0.15) is 6.54 Å². The molecule has 1 amide bonds. The summed E-state index contributed by atoms with van der Waals surface area (Å²) in [4.78, 5) is 27.5. The molecule has 0 aliphatic carbocycles. The second-order valence-corrected chi connectivity index (χ2v) is 4.40. The van der Waals surface area contributed by atoms with E-state index in [4.69, 9.17) is 9.84 Å². The Morgan fingerprint density at radius 3 is 2.52 bits per heavy atom. The average molecular weight is 336 g/mol. The van der Waals surface area contributed by atoms with E-state index in [1.807, 2.05) is 0 Å². The lowest BCUT2D eigenvalue weighted by molar-refractivity contribution is -0.154. The number of ether oxygens (including phenoxy) is 2. The zero-order valence-electron chi connectivity index (χ0n) is 12.2. The summed E-state index contributed by atoms with van der Waals surface area (Å²) in [6.45, 7) is -1.84. The summed E-state index contributed by atoms with van der Waals surface area (Å²) in [5.41, 5.74) is 0.0294. The minimum absolute atomic E-state index is 0.0294. The molecule has 0 fully saturated rings. The smallest absolute Gasteiger partial charge is 0.422 e. The van der Waals surface area contributed by atoms with Crippen LogP contribution < -0.4 is 4.74 Å². The van der Waals surface area contributed by atoms with Crippen molar-refractivity contribution in [2.45, 2.75) is 6.18 Å². The lowest BCUT2D eigenvalue weighted by atomic mass is 10.2. The van der Waals surface area contributed by atoms with Crippen molar-refractivity contribution in [3.8, 4) is 5.88 Å². The number of rotatable bonds is 8. The van der Waals surface area contributed by atoms with Crippen molar-refractivity contribution in [1.82, 2.24) is 9.88 Å². The molecule has 0 aliphatic heterocycles. The molecule has 0 saturated carbocycles. The van der Waals surface area contributed by atoms with E-state index in [0.717, 1.165) is 17.2 Å². The van der Waals surface area contributed by atoms with Gasteiger partial charge in [-0.25, -0.2) is 4.98 Å². The third-order valence-corrected chi connectivity index (χ3v) is 2.55. The fraction of sp³-hybridized carbons (Fsp3) is 0.462. The lowest BCUT2D eigenvalue weighted by Gasteiger charge is -2.20. The molecule has 0 saturated heterocycles. The molecule has 1 N–H and O–H groups in total. The molecule has 0 atom stereocenters. The molecule has 0 aliphatic rings. The number of amides is 1. The SMILES string of the molecule is COCCN(CC(=O)O)C(=O)c1ccc(OCC(F)(F)F)nc1. The zero-order valence-corrected chi connectivity index (χ0v) is 12.2. The van der Waals surface area contributed by atoms with Crippen molar-refractivity contribution in [3.63, 3.8) is 0 Å². The Kier molecular flexibility index (Phi) is 6.76. The van der Waals surface area contributed by atoms with E-state index in [1.165, 1.54) is 13.2 Å². The van der Waals surface area contributed by atoms with Crippen LogP contribution in [0.4, 0.5) is 13.2 Å². The van der Waals surface area contributed by atoms with E-state index < -0.39 is 31.2 Å². The van der Waals surface area contributed by atoms with Gasteiger partial charge in [-0.05, 0) is 6.07 Å². The third-order valence-electron chi connectivity index (χ3n) is 2.55. The molecule has 0 bridgehead atoms. The van der Waals surface area contributed by atoms with Crippen LogP contribution in [-0.4, -0.2) is 66.5 Å². The highest BCUT2D eigenvalue weighted by molar-refractivity contribution is 5.95. The number of aliphatic carboxylic acids is 1. The normalized spacial score (nSPS) is 11.1. The summed E-state index contributed by atoms with van der Waals surface area (Å²) in [6, 6.07) is 2.32. The van der Waals surface area contributed by atoms with Crippen LogP contribution in [0.15, 0.2) is 18.3 Å². The number of aromatic nitrogens is 1. The van der Waals surface area contributed by atoms with Crippen LogP contribution in [0.25, 0.3) is 0 Å². The summed E-state index contributed by atoms with van der Waals surface area (Å²) in [5.74, 6) is -2.12. The van der Waals surface area contributed by atoms with Gasteiger partial charge in [-0.15, -0.1) is 0 Å². The molecule has 1 aromatic rings. The number of carboxylic acid groups (broad SMARTS) is 1. The van der Waals surface area contributed by atoms with Crippen molar-refractivity contribution in [2.75, 3.05) is 33.4 Å². The molecular formula is C13H15F3N2O5. The first-order chi connectivity index (χ1) is 10.7. The zero-order chi connectivity index (χ0) is 17.5. The van der Waals surface area contributed by atoms with Gasteiger partial charge in [0.05, 0.1) is 12.2 Å². The highest BCUT2D eigenvalue weighted by atomic mass is 19.4. The molecule has 0 spiro atoms. The van der Waals surface area contributed by atoms with Crippen LogP contribution in [0.2, 0.25) is 0 Å². The Labute approximate surface area is 129 Å². The second kappa shape index (κ2) is 8.32. The van der Waals surface area contributed by atoms with Crippen LogP contribution >= 0.6 is 0 Å². The Hall–Kier alpha value is -2.36. The maximum absolute atomic E-state index is 12.2. The summed E-state index contributed by atoms with van der Waals surface area (Å²) in [5, 5.41) is 8.79. The number of hydrogen-bond acceptors (Lipinski definition) is 5. The van der Waals surface area contributed by atoms with E-state index in [9.17, 15) is 22.8 Å². The van der Waals surface area contributed by atoms with Crippen LogP contribution in [0.1, 0.15) is 10.4 Å². The predicted molar refractivity (Wildman–Crippen MR) is 71.2 cm³/mol. The first kappa shape index (κ1) is 18.7. The van der Waals surface area contributed by atoms with Crippen molar-refractivity contribution in [2.24, 2.45) is 0 Å². The molecule has 0 aromatic carbocycles. The van der Waals surface area contributed by atoms with Crippen molar-refractivity contribution in [1.29, 1.82) is 0 Å². The minimum atomic E-state index is -4.49. The number of carbonyl (C=O) groups is 2. The summed E-state index contributed by atoms with van der Waals surface area (Å²) < 4.78 is 45.3. The van der Waals surface area contributed by atoms with Crippen LogP contribution in [0.3, 0.4) is 0 Å². The Bertz CT molecular complexity index is 533. The van der Waals surface area contributed by atoms with Gasteiger partial charge in [-0.3, -0.25) is 9.59 Å². The number of pyridine rings is 1. The number of nitrogens with zero attached hydrogens (tertiary/aromatic N) is 2. The van der Waals surface area contributed by atoms with Crippen molar-refractivity contribution in [3.05, 3.63) is 23.9 Å². The predicted octanol–water partition coefficient (Wildman–Crippen LogP) is 1.20. The first-order valence-electron chi connectivity index (χ1n) is 6.38. The van der Waals surface area contributed by atoms with Crippen molar-refractivity contribution < 1.29 is 37.3 Å². The molecule has 0 radical (unpaired) electrons. The van der Waals surface area contributed by atoms with Crippen molar-refractivity contribution >= 4 is 11.9 Å². The van der Waals surface area contributed by atoms with Crippen LogP contribution in [-0.2, 0) is 9.53 Å². The molecule has 128 valence electrons. The maximum atomic E-state index is 12.2. The van der Waals surface area contributed by atoms with E-state index in [-0.39, 0.29) is 24.6 Å². The minimum Gasteiger partial charge on any atom is -0.480 e. The van der Waals surface area contributed by atoms with E-state index >= 15 is 0 Å². The Balaban J connectivity index is 2.75. The van der Waals surface area contributed by atoms with Gasteiger partial charge >= 0.3 is 12.1 Å². The van der Waals surface area contributed by atoms with Gasteiger partial charge in [0.25, 0.3) is 5.91 Å². The molecule has 1 aromatic heterocycles. The van der Waals surface area contributed by atoms with Gasteiger partial charge in [-0.2, -0.15) is 13.2 Å². The second-order valence-electron chi connectivity index (χ2n) is 4.40. The number of methoxy groups -OCH3 is 1. The number of halogens is 3. The average Bonchev–Trinajstić information content (AvgIpc) is 2.48. The number of alkyl halides is 3. The Morgan fingerprint density at radius 1 is 1.35 bits per heavy atom. The molecule has 1 rings (SSSR count). The quantitative estimate of drug-likeness (QED) is 0.767. The van der Waals surface area contributed by atoms with Crippen LogP contribution in [0.5, 0.6) is 5.88 Å². The molecule has 0 unspecified atom stereocenters. The highest BCUT2D eigenvalue weighted by Crippen LogP contribution is 2.17. The maximum Gasteiger partial charge on any atom is 0.422 e. The van der Waals surface area contributed by atoms with E-state index in [1.54, 1.807) is 0 Å². The van der Waals surface area contributed by atoms with Gasteiger partial charge in [0.2, 0.25) is 5.88 Å². The third kappa shape index (κ3) is 6.96. The molecule has 7 nitrogen and oxygen atoms in total. The fourth-order valence-electron chi connectivity index (χ4n) is 1.55. The largest absolute Gasteiger partial charge is 0.480 e. The molecule has 10 heteroatoms. The molecule has 23 heavy (non-hydrogen) atoms. The van der Waals surface area contributed by atoms with Gasteiger partial charge in [-0.1, -0.05) is 0 Å². The summed E-state index contributed by atoms with van der Waals surface area (Å²) in [6.07, 6.45) is -3.47. The number of carbonyl (C=O) groups excluding carboxylic acids is 1. The number of hydrogen-bond donors (Lipinski definition) is 1. The van der Waals surface area contributed by atoms with Gasteiger partial charge in [0, 0.05) is 25.9 Å². The van der Waals surface area contributed by atoms with Gasteiger partial charge in [0.15, 0.2) is 6.61 Å². The monoisotopic (exact) mass is 336 g/mol. The molecule has 1 heterocycles. The fourth-order valence-corrected chi connectivity index (χ4v) is 1.55. The topological polar surface area (TPSA) is 89.0 Å². The first-order valence-corrected chi connectivity index (χ1v) is 6.38. The highest BCUT2D eigenvalue weighted by Gasteiger charge is 2.28. The Morgan fingerprint density at radius 2 is 2.04 bits per heavy atom. The standard InChI is InChI=1S/C13H15F3N2O5/c1-22-5-4-18(7-11(19)20)12(21)9-2-3-10(17-6-9)23-8-13(14,15)16/h2-3,6H,4-5,7-8H2,1H3,(H,19,20). The molecular weight excluding hydrogens is 321 g/mol. The summed E-state index contributed by atoms with van der Waals surface area (Å²) >= 11 is 0. The number of carboxylic acids is 1. The van der Waals surface area contributed by atoms with Gasteiger partial charge < -0.3 is 19.5 Å². The van der Waals surface area contributed by atoms with E-state index in [0.29, 0.717) is 0 Å². The van der Waals surface area contributed by atoms with Crippen LogP contribution in [0, 0.1) is 0 Å².